The summed E-state index contributed by atoms with van der Waals surface area (Å²) < 4.78 is 5.43. The number of benzene rings is 1. The zero-order valence-corrected chi connectivity index (χ0v) is 13.9. The Bertz CT molecular complexity index is 731. The Morgan fingerprint density at radius 2 is 1.62 bits per heavy atom. The molecule has 1 aliphatic rings. The molecule has 0 unspecified atom stereocenters. The van der Waals surface area contributed by atoms with Gasteiger partial charge in [0.1, 0.15) is 11.5 Å². The van der Waals surface area contributed by atoms with Crippen LogP contribution < -0.4 is 5.32 Å². The van der Waals surface area contributed by atoms with Gasteiger partial charge in [-0.1, -0.05) is 18.2 Å². The van der Waals surface area contributed by atoms with Crippen molar-refractivity contribution in [2.24, 2.45) is 0 Å². The van der Waals surface area contributed by atoms with Crippen LogP contribution >= 0.6 is 0 Å². The highest BCUT2D eigenvalue weighted by atomic mass is 16.3. The summed E-state index contributed by atoms with van der Waals surface area (Å²) in [4.78, 5) is 28.3. The Kier molecular flexibility index (Phi) is 4.55. The fourth-order valence-electron chi connectivity index (χ4n) is 2.85. The molecule has 1 aliphatic heterocycles. The monoisotopic (exact) mass is 327 g/mol. The molecule has 6 heteroatoms. The standard InChI is InChI=1S/C18H21N3O3/c1-13-12-16(14(2)24-13)17(22)20-8-10-21(11-9-20)18(23)19-15-6-4-3-5-7-15/h3-7,12H,8-11H2,1-2H3,(H,19,23). The average molecular weight is 327 g/mol. The maximum absolute atomic E-state index is 12.5. The molecule has 2 heterocycles. The summed E-state index contributed by atoms with van der Waals surface area (Å²) in [7, 11) is 0. The molecule has 2 aromatic rings. The number of carbonyl (C=O) groups excluding carboxylic acids is 2. The molecule has 0 saturated carbocycles. The van der Waals surface area contributed by atoms with Gasteiger partial charge in [-0.2, -0.15) is 0 Å². The number of nitrogens with one attached hydrogen (secondary N) is 1. The van der Waals surface area contributed by atoms with Gasteiger partial charge < -0.3 is 19.5 Å². The second-order valence-electron chi connectivity index (χ2n) is 5.90. The van der Waals surface area contributed by atoms with Crippen molar-refractivity contribution in [1.82, 2.24) is 9.80 Å². The van der Waals surface area contributed by atoms with E-state index in [9.17, 15) is 9.59 Å². The third kappa shape index (κ3) is 3.42. The number of rotatable bonds is 2. The number of anilines is 1. The van der Waals surface area contributed by atoms with Crippen LogP contribution in [0.2, 0.25) is 0 Å². The number of carbonyl (C=O) groups is 2. The van der Waals surface area contributed by atoms with Crippen LogP contribution in [0.5, 0.6) is 0 Å². The molecule has 0 spiro atoms. The second kappa shape index (κ2) is 6.78. The predicted octanol–water partition coefficient (Wildman–Crippen LogP) is 2.89. The molecule has 0 radical (unpaired) electrons. The van der Waals surface area contributed by atoms with Gasteiger partial charge in [-0.25, -0.2) is 4.79 Å². The van der Waals surface area contributed by atoms with Gasteiger partial charge in [0, 0.05) is 31.9 Å². The van der Waals surface area contributed by atoms with Crippen molar-refractivity contribution < 1.29 is 14.0 Å². The van der Waals surface area contributed by atoms with E-state index in [-0.39, 0.29) is 11.9 Å². The van der Waals surface area contributed by atoms with E-state index in [0.29, 0.717) is 37.5 Å². The molecule has 3 amide bonds. The van der Waals surface area contributed by atoms with Crippen molar-refractivity contribution in [1.29, 1.82) is 0 Å². The molecule has 0 atom stereocenters. The topological polar surface area (TPSA) is 65.8 Å². The van der Waals surface area contributed by atoms with E-state index >= 15 is 0 Å². The van der Waals surface area contributed by atoms with Gasteiger partial charge in [0.05, 0.1) is 5.56 Å². The molecule has 0 aliphatic carbocycles. The number of amides is 3. The van der Waals surface area contributed by atoms with Crippen LogP contribution in [-0.2, 0) is 0 Å². The highest BCUT2D eigenvalue weighted by Gasteiger charge is 2.26. The Hall–Kier alpha value is -2.76. The van der Waals surface area contributed by atoms with Crippen LogP contribution in [0.15, 0.2) is 40.8 Å². The summed E-state index contributed by atoms with van der Waals surface area (Å²) in [5.41, 5.74) is 1.38. The van der Waals surface area contributed by atoms with Gasteiger partial charge in [0.25, 0.3) is 5.91 Å². The Morgan fingerprint density at radius 1 is 1.00 bits per heavy atom. The third-order valence-electron chi connectivity index (χ3n) is 4.15. The number of furan rings is 1. The van der Waals surface area contributed by atoms with Gasteiger partial charge in [0.15, 0.2) is 0 Å². The molecule has 1 saturated heterocycles. The summed E-state index contributed by atoms with van der Waals surface area (Å²) in [6, 6.07) is 11.0. The SMILES string of the molecule is Cc1cc(C(=O)N2CCN(C(=O)Nc3ccccc3)CC2)c(C)o1. The van der Waals surface area contributed by atoms with Gasteiger partial charge in [-0.3, -0.25) is 4.79 Å². The first-order valence-electron chi connectivity index (χ1n) is 8.02. The minimum absolute atomic E-state index is 0.0348. The zero-order chi connectivity index (χ0) is 17.1. The van der Waals surface area contributed by atoms with E-state index in [4.69, 9.17) is 4.42 Å². The third-order valence-corrected chi connectivity index (χ3v) is 4.15. The molecular weight excluding hydrogens is 306 g/mol. The summed E-state index contributed by atoms with van der Waals surface area (Å²) >= 11 is 0. The van der Waals surface area contributed by atoms with Crippen LogP contribution in [0.3, 0.4) is 0 Å². The lowest BCUT2D eigenvalue weighted by atomic mass is 10.2. The van der Waals surface area contributed by atoms with Gasteiger partial charge >= 0.3 is 6.03 Å². The van der Waals surface area contributed by atoms with Crippen molar-refractivity contribution in [2.75, 3.05) is 31.5 Å². The van der Waals surface area contributed by atoms with E-state index in [0.717, 1.165) is 11.4 Å². The zero-order valence-electron chi connectivity index (χ0n) is 13.9. The number of aryl methyl sites for hydroxylation is 2. The van der Waals surface area contributed by atoms with Crippen molar-refractivity contribution in [2.45, 2.75) is 13.8 Å². The molecule has 3 rings (SSSR count). The summed E-state index contributed by atoms with van der Waals surface area (Å²) in [5.74, 6) is 1.34. The van der Waals surface area contributed by atoms with Crippen molar-refractivity contribution in [3.63, 3.8) is 0 Å². The lowest BCUT2D eigenvalue weighted by molar-refractivity contribution is 0.0670. The normalized spacial score (nSPS) is 14.6. The van der Waals surface area contributed by atoms with Crippen molar-refractivity contribution >= 4 is 17.6 Å². The second-order valence-corrected chi connectivity index (χ2v) is 5.90. The maximum Gasteiger partial charge on any atom is 0.321 e. The highest BCUT2D eigenvalue weighted by molar-refractivity contribution is 5.95. The Morgan fingerprint density at radius 3 is 2.21 bits per heavy atom. The van der Waals surface area contributed by atoms with Gasteiger partial charge in [-0.15, -0.1) is 0 Å². The largest absolute Gasteiger partial charge is 0.466 e. The van der Waals surface area contributed by atoms with Crippen LogP contribution in [0.4, 0.5) is 10.5 Å². The molecule has 24 heavy (non-hydrogen) atoms. The van der Waals surface area contributed by atoms with E-state index in [2.05, 4.69) is 5.32 Å². The fourth-order valence-corrected chi connectivity index (χ4v) is 2.85. The quantitative estimate of drug-likeness (QED) is 0.922. The minimum atomic E-state index is -0.136. The van der Waals surface area contributed by atoms with Gasteiger partial charge in [0.2, 0.25) is 0 Å². The first kappa shape index (κ1) is 16.1. The first-order chi connectivity index (χ1) is 11.5. The van der Waals surface area contributed by atoms with Crippen LogP contribution in [0.1, 0.15) is 21.9 Å². The summed E-state index contributed by atoms with van der Waals surface area (Å²) in [5, 5.41) is 2.87. The molecule has 1 fully saturated rings. The molecule has 0 bridgehead atoms. The van der Waals surface area contributed by atoms with Gasteiger partial charge in [-0.05, 0) is 32.0 Å². The molecule has 6 nitrogen and oxygen atoms in total. The number of para-hydroxylation sites is 1. The van der Waals surface area contributed by atoms with Crippen molar-refractivity contribution in [3.05, 3.63) is 53.5 Å². The molecule has 1 aromatic carbocycles. The fraction of sp³-hybridized carbons (Fsp3) is 0.333. The number of hydrogen-bond donors (Lipinski definition) is 1. The van der Waals surface area contributed by atoms with Crippen LogP contribution in [0.25, 0.3) is 0 Å². The number of piperazine rings is 1. The Labute approximate surface area is 141 Å². The highest BCUT2D eigenvalue weighted by Crippen LogP contribution is 2.17. The van der Waals surface area contributed by atoms with E-state index in [1.54, 1.807) is 22.8 Å². The first-order valence-corrected chi connectivity index (χ1v) is 8.02. The summed E-state index contributed by atoms with van der Waals surface area (Å²) in [6.07, 6.45) is 0. The van der Waals surface area contributed by atoms with E-state index in [1.165, 1.54) is 0 Å². The number of hydrogen-bond acceptors (Lipinski definition) is 3. The smallest absolute Gasteiger partial charge is 0.321 e. The molecule has 126 valence electrons. The summed E-state index contributed by atoms with van der Waals surface area (Å²) in [6.45, 7) is 5.69. The average Bonchev–Trinajstić information content (AvgIpc) is 2.93. The van der Waals surface area contributed by atoms with Crippen LogP contribution in [-0.4, -0.2) is 47.9 Å². The van der Waals surface area contributed by atoms with Crippen molar-refractivity contribution in [3.8, 4) is 0 Å². The lowest BCUT2D eigenvalue weighted by Gasteiger charge is -2.34. The number of urea groups is 1. The van der Waals surface area contributed by atoms with E-state index < -0.39 is 0 Å². The Balaban J connectivity index is 1.56. The number of nitrogens with zero attached hydrogens (tertiary/aromatic N) is 2. The van der Waals surface area contributed by atoms with Crippen LogP contribution in [0, 0.1) is 13.8 Å². The van der Waals surface area contributed by atoms with E-state index in [1.807, 2.05) is 37.3 Å². The molecular formula is C18H21N3O3. The molecule has 1 aromatic heterocycles. The maximum atomic E-state index is 12.5. The minimum Gasteiger partial charge on any atom is -0.466 e. The lowest BCUT2D eigenvalue weighted by Crippen LogP contribution is -2.51. The predicted molar refractivity (Wildman–Crippen MR) is 91.1 cm³/mol. The molecule has 1 N–H and O–H groups in total.